The summed E-state index contributed by atoms with van der Waals surface area (Å²) in [5.74, 6) is 1.75. The Kier molecular flexibility index (Phi) is 3.68. The van der Waals surface area contributed by atoms with Crippen LogP contribution in [0.4, 0.5) is 5.69 Å². The lowest BCUT2D eigenvalue weighted by atomic mass is 10.2. The van der Waals surface area contributed by atoms with Crippen LogP contribution in [0.2, 0.25) is 0 Å². The molecule has 0 atom stereocenters. The molecule has 2 aromatic heterocycles. The van der Waals surface area contributed by atoms with Gasteiger partial charge in [-0.3, -0.25) is 0 Å². The molecule has 4 nitrogen and oxygen atoms in total. The number of ether oxygens (including phenoxy) is 1. The van der Waals surface area contributed by atoms with Crippen LogP contribution in [0.15, 0.2) is 69.4 Å². The van der Waals surface area contributed by atoms with Crippen LogP contribution in [0.5, 0.6) is 5.75 Å². The first-order chi connectivity index (χ1) is 12.8. The average molecular weight is 362 g/mol. The van der Waals surface area contributed by atoms with Crippen LogP contribution in [-0.4, -0.2) is 11.7 Å². The molecule has 5 rings (SSSR count). The Labute approximate surface area is 155 Å². The second kappa shape index (κ2) is 6.18. The molecule has 0 spiro atoms. The molecule has 4 aromatic rings. The SMILES string of the molecule is COc1ccc(N=c2scc(-c3cc4ccccc4o3)n2C2CC2)cc1. The first-order valence-electron chi connectivity index (χ1n) is 8.69. The lowest BCUT2D eigenvalue weighted by Crippen LogP contribution is -2.14. The monoisotopic (exact) mass is 362 g/mol. The minimum Gasteiger partial charge on any atom is -0.497 e. The van der Waals surface area contributed by atoms with Gasteiger partial charge in [0.1, 0.15) is 11.3 Å². The minimum atomic E-state index is 0.515. The molecule has 0 N–H and O–H groups in total. The lowest BCUT2D eigenvalue weighted by molar-refractivity contribution is 0.415. The maximum atomic E-state index is 6.09. The quantitative estimate of drug-likeness (QED) is 0.478. The van der Waals surface area contributed by atoms with Gasteiger partial charge in [0, 0.05) is 16.8 Å². The number of benzene rings is 2. The van der Waals surface area contributed by atoms with Gasteiger partial charge in [-0.15, -0.1) is 11.3 Å². The largest absolute Gasteiger partial charge is 0.497 e. The number of nitrogens with zero attached hydrogens (tertiary/aromatic N) is 2. The zero-order chi connectivity index (χ0) is 17.5. The Morgan fingerprint density at radius 1 is 1.12 bits per heavy atom. The Morgan fingerprint density at radius 2 is 1.92 bits per heavy atom. The van der Waals surface area contributed by atoms with Gasteiger partial charge in [0.2, 0.25) is 0 Å². The summed E-state index contributed by atoms with van der Waals surface area (Å²) in [4.78, 5) is 5.87. The summed E-state index contributed by atoms with van der Waals surface area (Å²) in [5.41, 5.74) is 2.96. The summed E-state index contributed by atoms with van der Waals surface area (Å²) in [6.07, 6.45) is 2.39. The zero-order valence-corrected chi connectivity index (χ0v) is 15.2. The molecule has 26 heavy (non-hydrogen) atoms. The molecule has 0 unspecified atom stereocenters. The third-order valence-corrected chi connectivity index (χ3v) is 5.47. The van der Waals surface area contributed by atoms with E-state index in [-0.39, 0.29) is 0 Å². The Bertz CT molecular complexity index is 1100. The molecule has 0 amide bonds. The number of rotatable bonds is 4. The molecule has 0 saturated heterocycles. The summed E-state index contributed by atoms with van der Waals surface area (Å²) in [5, 5.41) is 3.28. The molecule has 0 bridgehead atoms. The fourth-order valence-electron chi connectivity index (χ4n) is 3.14. The number of thiazole rings is 1. The van der Waals surface area contributed by atoms with Gasteiger partial charge in [0.15, 0.2) is 10.6 Å². The molecule has 2 aromatic carbocycles. The molecule has 1 fully saturated rings. The molecule has 1 saturated carbocycles. The number of aromatic nitrogens is 1. The first kappa shape index (κ1) is 15.5. The summed E-state index contributed by atoms with van der Waals surface area (Å²) < 4.78 is 13.6. The van der Waals surface area contributed by atoms with E-state index < -0.39 is 0 Å². The van der Waals surface area contributed by atoms with Gasteiger partial charge < -0.3 is 13.7 Å². The van der Waals surface area contributed by atoms with E-state index in [9.17, 15) is 0 Å². The van der Waals surface area contributed by atoms with Crippen molar-refractivity contribution >= 4 is 28.0 Å². The number of para-hydroxylation sites is 1. The van der Waals surface area contributed by atoms with Gasteiger partial charge in [-0.2, -0.15) is 0 Å². The normalized spacial score (nSPS) is 14.9. The van der Waals surface area contributed by atoms with E-state index in [1.807, 2.05) is 42.5 Å². The van der Waals surface area contributed by atoms with Gasteiger partial charge in [-0.25, -0.2) is 4.99 Å². The standard InChI is InChI=1S/C21H18N2O2S/c1-24-17-10-6-15(7-11-17)22-21-23(16-8-9-16)18(13-26-21)20-12-14-4-2-3-5-19(14)25-20/h2-7,10-13,16H,8-9H2,1H3. The van der Waals surface area contributed by atoms with E-state index in [0.29, 0.717) is 6.04 Å². The van der Waals surface area contributed by atoms with Crippen LogP contribution < -0.4 is 9.54 Å². The van der Waals surface area contributed by atoms with Crippen LogP contribution in [-0.2, 0) is 0 Å². The second-order valence-corrected chi connectivity index (χ2v) is 7.30. The summed E-state index contributed by atoms with van der Waals surface area (Å²) >= 11 is 1.66. The van der Waals surface area contributed by atoms with Crippen LogP contribution >= 0.6 is 11.3 Å². The van der Waals surface area contributed by atoms with Crippen molar-refractivity contribution in [2.75, 3.05) is 7.11 Å². The number of hydrogen-bond acceptors (Lipinski definition) is 4. The van der Waals surface area contributed by atoms with Crippen molar-refractivity contribution in [1.29, 1.82) is 0 Å². The molecule has 2 heterocycles. The third kappa shape index (κ3) is 2.74. The van der Waals surface area contributed by atoms with Gasteiger partial charge in [-0.05, 0) is 49.2 Å². The van der Waals surface area contributed by atoms with Crippen molar-refractivity contribution < 1.29 is 9.15 Å². The van der Waals surface area contributed by atoms with Crippen LogP contribution in [0.1, 0.15) is 18.9 Å². The predicted molar refractivity (Wildman–Crippen MR) is 104 cm³/mol. The van der Waals surface area contributed by atoms with E-state index in [1.165, 1.54) is 12.8 Å². The van der Waals surface area contributed by atoms with Gasteiger partial charge in [0.25, 0.3) is 0 Å². The summed E-state index contributed by atoms with van der Waals surface area (Å²) in [6.45, 7) is 0. The van der Waals surface area contributed by atoms with Crippen molar-refractivity contribution in [1.82, 2.24) is 4.57 Å². The lowest BCUT2D eigenvalue weighted by Gasteiger charge is -2.05. The van der Waals surface area contributed by atoms with Crippen LogP contribution in [0.25, 0.3) is 22.4 Å². The van der Waals surface area contributed by atoms with Crippen molar-refractivity contribution in [2.45, 2.75) is 18.9 Å². The number of furan rings is 1. The fourth-order valence-corrected chi connectivity index (χ4v) is 4.11. The Hall–Kier alpha value is -2.79. The highest BCUT2D eigenvalue weighted by Crippen LogP contribution is 2.39. The fraction of sp³-hybridized carbons (Fsp3) is 0.190. The molecule has 0 aliphatic heterocycles. The van der Waals surface area contributed by atoms with Gasteiger partial charge in [0.05, 0.1) is 18.5 Å². The van der Waals surface area contributed by atoms with Crippen LogP contribution in [0, 0.1) is 0 Å². The predicted octanol–water partition coefficient (Wildman–Crippen LogP) is 5.54. The third-order valence-electron chi connectivity index (χ3n) is 4.63. The Balaban J connectivity index is 1.62. The maximum absolute atomic E-state index is 6.09. The highest BCUT2D eigenvalue weighted by Gasteiger charge is 2.28. The maximum Gasteiger partial charge on any atom is 0.190 e. The highest BCUT2D eigenvalue weighted by molar-refractivity contribution is 7.07. The molecular weight excluding hydrogens is 344 g/mol. The number of hydrogen-bond donors (Lipinski definition) is 0. The molecule has 130 valence electrons. The first-order valence-corrected chi connectivity index (χ1v) is 9.57. The highest BCUT2D eigenvalue weighted by atomic mass is 32.1. The van der Waals surface area contributed by atoms with Crippen molar-refractivity contribution in [2.24, 2.45) is 4.99 Å². The minimum absolute atomic E-state index is 0.515. The molecular formula is C21H18N2O2S. The van der Waals surface area contributed by atoms with E-state index in [0.717, 1.165) is 38.7 Å². The zero-order valence-electron chi connectivity index (χ0n) is 14.4. The van der Waals surface area contributed by atoms with E-state index in [4.69, 9.17) is 14.1 Å². The Morgan fingerprint density at radius 3 is 2.65 bits per heavy atom. The number of fused-ring (bicyclic) bond motifs is 1. The summed E-state index contributed by atoms with van der Waals surface area (Å²) in [7, 11) is 1.67. The second-order valence-electron chi connectivity index (χ2n) is 6.46. The van der Waals surface area contributed by atoms with Crippen molar-refractivity contribution in [3.05, 3.63) is 64.8 Å². The molecule has 1 aliphatic carbocycles. The van der Waals surface area contributed by atoms with Crippen LogP contribution in [0.3, 0.4) is 0 Å². The molecule has 0 radical (unpaired) electrons. The smallest absolute Gasteiger partial charge is 0.190 e. The average Bonchev–Trinajstić information content (AvgIpc) is 3.28. The van der Waals surface area contributed by atoms with Gasteiger partial charge in [-0.1, -0.05) is 18.2 Å². The van der Waals surface area contributed by atoms with Gasteiger partial charge >= 0.3 is 0 Å². The topological polar surface area (TPSA) is 39.7 Å². The number of methoxy groups -OCH3 is 1. The van der Waals surface area contributed by atoms with E-state index >= 15 is 0 Å². The van der Waals surface area contributed by atoms with E-state index in [2.05, 4.69) is 22.1 Å². The van der Waals surface area contributed by atoms with Crippen molar-refractivity contribution in [3.63, 3.8) is 0 Å². The molecule has 5 heteroatoms. The van der Waals surface area contributed by atoms with E-state index in [1.54, 1.807) is 18.4 Å². The van der Waals surface area contributed by atoms with Crippen molar-refractivity contribution in [3.8, 4) is 17.2 Å². The molecule has 1 aliphatic rings. The summed E-state index contributed by atoms with van der Waals surface area (Å²) in [6, 6.07) is 18.6.